The van der Waals surface area contributed by atoms with E-state index in [0.29, 0.717) is 16.8 Å². The number of aryl methyl sites for hydroxylation is 2. The van der Waals surface area contributed by atoms with Crippen molar-refractivity contribution in [1.82, 2.24) is 4.98 Å². The van der Waals surface area contributed by atoms with E-state index in [9.17, 15) is 14.9 Å². The number of aromatic amines is 1. The number of ketones is 1. The number of hydrogen-bond donors (Lipinski definition) is 1. The minimum Gasteiger partial charge on any atom is -0.462 e. The second-order valence-electron chi connectivity index (χ2n) is 5.70. The lowest BCUT2D eigenvalue weighted by molar-refractivity contribution is 0.0525. The van der Waals surface area contributed by atoms with Gasteiger partial charge in [-0.1, -0.05) is 24.3 Å². The van der Waals surface area contributed by atoms with Crippen molar-refractivity contribution in [1.29, 1.82) is 5.26 Å². The van der Waals surface area contributed by atoms with Crippen LogP contribution < -0.4 is 0 Å². The number of rotatable bonds is 5. The highest BCUT2D eigenvalue weighted by atomic mass is 16.5. The third kappa shape index (κ3) is 3.69. The third-order valence-electron chi connectivity index (χ3n) is 4.00. The van der Waals surface area contributed by atoms with Crippen LogP contribution in [-0.2, 0) is 4.74 Å². The summed E-state index contributed by atoms with van der Waals surface area (Å²) in [7, 11) is 0. The van der Waals surface area contributed by atoms with Gasteiger partial charge in [0.1, 0.15) is 11.6 Å². The fourth-order valence-corrected chi connectivity index (χ4v) is 2.67. The van der Waals surface area contributed by atoms with E-state index in [-0.39, 0.29) is 17.9 Å². The highest BCUT2D eigenvalue weighted by Gasteiger charge is 2.24. The smallest absolute Gasteiger partial charge is 0.340 e. The number of H-pyrrole nitrogens is 1. The molecular weight excluding hydrogens is 316 g/mol. The summed E-state index contributed by atoms with van der Waals surface area (Å²) in [5.41, 5.74) is 3.40. The second-order valence-corrected chi connectivity index (χ2v) is 5.70. The zero-order valence-corrected chi connectivity index (χ0v) is 14.8. The molecule has 5 nitrogen and oxygen atoms in total. The lowest BCUT2D eigenvalue weighted by Crippen LogP contribution is -2.08. The molecule has 0 radical (unpaired) electrons. The molecule has 0 unspecified atom stereocenters. The molecule has 128 valence electrons. The summed E-state index contributed by atoms with van der Waals surface area (Å²) < 4.78 is 5.03. The van der Waals surface area contributed by atoms with Crippen molar-refractivity contribution in [2.45, 2.75) is 27.7 Å². The number of carbonyl (C=O) groups is 2. The number of benzene rings is 1. The molecule has 1 heterocycles. The number of carbonyl (C=O) groups excluding carboxylic acids is 2. The summed E-state index contributed by atoms with van der Waals surface area (Å²) in [4.78, 5) is 27.8. The molecule has 2 rings (SSSR count). The molecule has 0 atom stereocenters. The average molecular weight is 336 g/mol. The van der Waals surface area contributed by atoms with Crippen molar-refractivity contribution in [3.63, 3.8) is 0 Å². The van der Waals surface area contributed by atoms with Gasteiger partial charge in [-0.2, -0.15) is 5.26 Å². The second kappa shape index (κ2) is 7.63. The first-order valence-corrected chi connectivity index (χ1v) is 7.99. The van der Waals surface area contributed by atoms with E-state index in [1.807, 2.05) is 37.3 Å². The highest BCUT2D eigenvalue weighted by molar-refractivity contribution is 6.15. The van der Waals surface area contributed by atoms with Gasteiger partial charge in [0.25, 0.3) is 0 Å². The molecule has 5 heteroatoms. The van der Waals surface area contributed by atoms with Crippen LogP contribution >= 0.6 is 0 Å². The van der Waals surface area contributed by atoms with E-state index in [1.165, 1.54) is 0 Å². The first kappa shape index (κ1) is 18.2. The maximum Gasteiger partial charge on any atom is 0.340 e. The van der Waals surface area contributed by atoms with Crippen LogP contribution in [0.3, 0.4) is 0 Å². The van der Waals surface area contributed by atoms with E-state index in [1.54, 1.807) is 26.8 Å². The van der Waals surface area contributed by atoms with Crippen LogP contribution in [0.2, 0.25) is 0 Å². The van der Waals surface area contributed by atoms with Crippen molar-refractivity contribution in [2.75, 3.05) is 6.61 Å². The van der Waals surface area contributed by atoms with Crippen LogP contribution in [0.4, 0.5) is 0 Å². The van der Waals surface area contributed by atoms with Gasteiger partial charge in [-0.15, -0.1) is 0 Å². The maximum atomic E-state index is 12.8. The molecule has 2 aromatic rings. The topological polar surface area (TPSA) is 83.0 Å². The minimum absolute atomic E-state index is 0.00839. The van der Waals surface area contributed by atoms with Gasteiger partial charge in [0.15, 0.2) is 0 Å². The number of nitrogens with one attached hydrogen (secondary N) is 1. The number of hydrogen-bond acceptors (Lipinski definition) is 4. The predicted molar refractivity (Wildman–Crippen MR) is 95.3 cm³/mol. The van der Waals surface area contributed by atoms with E-state index >= 15 is 0 Å². The number of esters is 1. The maximum absolute atomic E-state index is 12.8. The van der Waals surface area contributed by atoms with Crippen molar-refractivity contribution < 1.29 is 14.3 Å². The molecule has 0 aliphatic heterocycles. The number of allylic oxidation sites excluding steroid dienone is 1. The van der Waals surface area contributed by atoms with Gasteiger partial charge in [0.2, 0.25) is 5.78 Å². The molecule has 0 aliphatic rings. The Kier molecular flexibility index (Phi) is 5.56. The Morgan fingerprint density at radius 1 is 1.24 bits per heavy atom. The first-order chi connectivity index (χ1) is 11.9. The van der Waals surface area contributed by atoms with Gasteiger partial charge in [0.05, 0.1) is 17.9 Å². The van der Waals surface area contributed by atoms with Crippen molar-refractivity contribution in [3.05, 3.63) is 63.5 Å². The Morgan fingerprint density at radius 3 is 2.52 bits per heavy atom. The molecule has 0 aliphatic carbocycles. The molecule has 25 heavy (non-hydrogen) atoms. The number of Topliss-reactive ketones (excluding diaryl/α,β-unsaturated/α-hetero) is 1. The van der Waals surface area contributed by atoms with Crippen molar-refractivity contribution >= 4 is 17.8 Å². The molecular formula is C20H20N2O3. The predicted octanol–water partition coefficient (Wildman–Crippen LogP) is 3.91. The summed E-state index contributed by atoms with van der Waals surface area (Å²) in [5.74, 6) is -0.920. The largest absolute Gasteiger partial charge is 0.462 e. The highest BCUT2D eigenvalue weighted by Crippen LogP contribution is 2.22. The molecule has 1 aromatic heterocycles. The molecule has 0 spiro atoms. The fraction of sp³-hybridized carbons (Fsp3) is 0.250. The van der Waals surface area contributed by atoms with E-state index in [4.69, 9.17) is 4.74 Å². The fourth-order valence-electron chi connectivity index (χ4n) is 2.67. The molecule has 0 saturated carbocycles. The Bertz CT molecular complexity index is 898. The molecule has 0 bridgehead atoms. The van der Waals surface area contributed by atoms with Gasteiger partial charge in [-0.3, -0.25) is 4.79 Å². The summed E-state index contributed by atoms with van der Waals surface area (Å²) in [6, 6.07) is 9.46. The normalized spacial score (nSPS) is 11.1. The number of nitriles is 1. The summed E-state index contributed by atoms with van der Waals surface area (Å²) in [6.45, 7) is 7.26. The lowest BCUT2D eigenvalue weighted by atomic mass is 10.0. The summed E-state index contributed by atoms with van der Waals surface area (Å²) in [5, 5.41) is 9.43. The van der Waals surface area contributed by atoms with Crippen LogP contribution in [-0.4, -0.2) is 23.3 Å². The van der Waals surface area contributed by atoms with Gasteiger partial charge < -0.3 is 9.72 Å². The summed E-state index contributed by atoms with van der Waals surface area (Å²) >= 11 is 0. The molecule has 0 fully saturated rings. The van der Waals surface area contributed by atoms with Gasteiger partial charge in [-0.05, 0) is 50.5 Å². The van der Waals surface area contributed by atoms with Crippen LogP contribution in [0.15, 0.2) is 29.8 Å². The van der Waals surface area contributed by atoms with E-state index < -0.39 is 11.8 Å². The van der Waals surface area contributed by atoms with Crippen LogP contribution in [0.1, 0.15) is 50.2 Å². The SMILES string of the molecule is CCOC(=O)c1c(C)[nH]c(C(=O)C(C#N)=Cc2ccccc2C)c1C. The zero-order valence-electron chi connectivity index (χ0n) is 14.8. The average Bonchev–Trinajstić information content (AvgIpc) is 2.88. The van der Waals surface area contributed by atoms with Crippen molar-refractivity contribution in [3.8, 4) is 6.07 Å². The summed E-state index contributed by atoms with van der Waals surface area (Å²) in [6.07, 6.45) is 1.57. The number of aromatic nitrogens is 1. The Hall–Kier alpha value is -3.13. The number of nitrogens with zero attached hydrogens (tertiary/aromatic N) is 1. The van der Waals surface area contributed by atoms with E-state index in [0.717, 1.165) is 11.1 Å². The van der Waals surface area contributed by atoms with Crippen molar-refractivity contribution in [2.24, 2.45) is 0 Å². The standard InChI is InChI=1S/C20H20N2O3/c1-5-25-20(24)17-13(3)18(22-14(17)4)19(23)16(11-21)10-15-9-7-6-8-12(15)2/h6-10,22H,5H2,1-4H3. The third-order valence-corrected chi connectivity index (χ3v) is 4.00. The Morgan fingerprint density at radius 2 is 1.92 bits per heavy atom. The monoisotopic (exact) mass is 336 g/mol. The first-order valence-electron chi connectivity index (χ1n) is 7.99. The van der Waals surface area contributed by atoms with Crippen LogP contribution in [0, 0.1) is 32.1 Å². The minimum atomic E-state index is -0.478. The lowest BCUT2D eigenvalue weighted by Gasteiger charge is -2.03. The Balaban J connectivity index is 2.46. The number of ether oxygens (including phenoxy) is 1. The van der Waals surface area contributed by atoms with Gasteiger partial charge in [0, 0.05) is 5.69 Å². The zero-order chi connectivity index (χ0) is 18.6. The molecule has 1 N–H and O–H groups in total. The quantitative estimate of drug-likeness (QED) is 0.388. The van der Waals surface area contributed by atoms with Crippen LogP contribution in [0.5, 0.6) is 0 Å². The van der Waals surface area contributed by atoms with Crippen LogP contribution in [0.25, 0.3) is 6.08 Å². The van der Waals surface area contributed by atoms with Gasteiger partial charge in [-0.25, -0.2) is 4.79 Å². The molecule has 0 saturated heterocycles. The van der Waals surface area contributed by atoms with E-state index in [2.05, 4.69) is 4.98 Å². The molecule has 0 amide bonds. The molecule has 1 aromatic carbocycles. The Labute approximate surface area is 146 Å². The van der Waals surface area contributed by atoms with Gasteiger partial charge >= 0.3 is 5.97 Å².